The monoisotopic (exact) mass is 427 g/mol. The average Bonchev–Trinajstić information content (AvgIpc) is 3.09. The zero-order valence-corrected chi connectivity index (χ0v) is 18.9. The number of carbonyl (C=O) groups is 1. The molecule has 0 fully saturated rings. The number of rotatable bonds is 7. The smallest absolute Gasteiger partial charge is 0.545 e. The number of aromatic carboxylic acids is 1. The molecule has 0 amide bonds. The number of imidazole rings is 1. The number of nitrogens with zero attached hydrogens (tertiary/aromatic N) is 2. The summed E-state index contributed by atoms with van der Waals surface area (Å²) in [6.45, 7) is 1.22. The summed E-state index contributed by atoms with van der Waals surface area (Å²) in [6.07, 6.45) is -0.881. The number of hydrogen-bond acceptors (Lipinski definition) is 4. The zero-order chi connectivity index (χ0) is 20.1. The number of carboxylic acid groups (broad SMARTS) is 1. The van der Waals surface area contributed by atoms with Gasteiger partial charge in [0.15, 0.2) is 0 Å². The van der Waals surface area contributed by atoms with Gasteiger partial charge in [-0.1, -0.05) is 42.5 Å². The van der Waals surface area contributed by atoms with Gasteiger partial charge >= 0.3 is 57.6 Å². The van der Waals surface area contributed by atoms with Crippen LogP contribution in [0, 0.1) is 0 Å². The number of aromatic nitrogens is 2. The molecular weight excluding hydrogens is 410 g/mol. The van der Waals surface area contributed by atoms with Crippen LogP contribution in [-0.4, -0.2) is 15.5 Å². The SMILES string of the molecule is O=C([O-])c1ccc(Cn2cnc(CNCc3cccc(C(F)(F)F)c3)c2)cc1.[K+]. The van der Waals surface area contributed by atoms with Gasteiger partial charge < -0.3 is 19.8 Å². The maximum absolute atomic E-state index is 12.7. The van der Waals surface area contributed by atoms with E-state index in [-0.39, 0.29) is 56.9 Å². The molecule has 0 aliphatic heterocycles. The van der Waals surface area contributed by atoms with E-state index in [1.807, 2.05) is 10.8 Å². The van der Waals surface area contributed by atoms with Crippen molar-refractivity contribution in [1.29, 1.82) is 0 Å². The van der Waals surface area contributed by atoms with Crippen LogP contribution in [0.25, 0.3) is 0 Å². The van der Waals surface area contributed by atoms with E-state index < -0.39 is 17.7 Å². The van der Waals surface area contributed by atoms with E-state index in [1.54, 1.807) is 24.5 Å². The van der Waals surface area contributed by atoms with Crippen LogP contribution in [0.5, 0.6) is 0 Å². The summed E-state index contributed by atoms with van der Waals surface area (Å²) in [7, 11) is 0. The zero-order valence-electron chi connectivity index (χ0n) is 15.7. The second-order valence-corrected chi connectivity index (χ2v) is 6.32. The van der Waals surface area contributed by atoms with Crippen molar-refractivity contribution in [2.45, 2.75) is 25.8 Å². The number of carboxylic acids is 1. The maximum atomic E-state index is 12.7. The van der Waals surface area contributed by atoms with E-state index in [0.29, 0.717) is 25.2 Å². The van der Waals surface area contributed by atoms with Gasteiger partial charge in [0.2, 0.25) is 0 Å². The van der Waals surface area contributed by atoms with Crippen LogP contribution in [0.15, 0.2) is 61.1 Å². The van der Waals surface area contributed by atoms with Crippen molar-refractivity contribution < 1.29 is 74.5 Å². The molecule has 0 saturated carbocycles. The van der Waals surface area contributed by atoms with E-state index in [4.69, 9.17) is 0 Å². The molecule has 1 aromatic heterocycles. The molecule has 0 bridgehead atoms. The van der Waals surface area contributed by atoms with E-state index >= 15 is 0 Å². The molecule has 2 aromatic carbocycles. The summed E-state index contributed by atoms with van der Waals surface area (Å²) >= 11 is 0. The fourth-order valence-corrected chi connectivity index (χ4v) is 2.73. The summed E-state index contributed by atoms with van der Waals surface area (Å²) in [5.41, 5.74) is 1.65. The first-order chi connectivity index (χ1) is 13.3. The third kappa shape index (κ3) is 7.05. The quantitative estimate of drug-likeness (QED) is 0.522. The molecular formula is C20H17F3KN3O2. The number of benzene rings is 2. The Kier molecular flexibility index (Phi) is 8.62. The molecule has 1 N–H and O–H groups in total. The normalized spacial score (nSPS) is 11.1. The van der Waals surface area contributed by atoms with Crippen LogP contribution in [-0.2, 0) is 25.8 Å². The summed E-state index contributed by atoms with van der Waals surface area (Å²) < 4.78 is 40.0. The molecule has 3 rings (SSSR count). The minimum absolute atomic E-state index is 0. The van der Waals surface area contributed by atoms with Crippen LogP contribution in [0.4, 0.5) is 13.2 Å². The second-order valence-electron chi connectivity index (χ2n) is 6.32. The van der Waals surface area contributed by atoms with Gasteiger partial charge in [0.05, 0.1) is 23.6 Å². The van der Waals surface area contributed by atoms with Crippen LogP contribution in [0.3, 0.4) is 0 Å². The van der Waals surface area contributed by atoms with E-state index in [0.717, 1.165) is 23.4 Å². The van der Waals surface area contributed by atoms with Crippen molar-refractivity contribution in [1.82, 2.24) is 14.9 Å². The first-order valence-electron chi connectivity index (χ1n) is 8.49. The minimum atomic E-state index is -4.35. The molecule has 0 radical (unpaired) electrons. The van der Waals surface area contributed by atoms with Gasteiger partial charge in [-0.3, -0.25) is 0 Å². The van der Waals surface area contributed by atoms with Gasteiger partial charge in [0, 0.05) is 25.8 Å². The fraction of sp³-hybridized carbons (Fsp3) is 0.200. The Morgan fingerprint density at radius 1 is 1.07 bits per heavy atom. The molecule has 1 heterocycles. The summed E-state index contributed by atoms with van der Waals surface area (Å²) in [5.74, 6) is -1.22. The topological polar surface area (TPSA) is 70.0 Å². The standard InChI is InChI=1S/C20H18F3N3O2.K/c21-20(22,23)17-3-1-2-15(8-17)9-24-10-18-12-26(13-25-18)11-14-4-6-16(7-5-14)19(27)28;/h1-8,12-13,24H,9-11H2,(H,27,28);/q;+1/p-1. The van der Waals surface area contributed by atoms with Crippen LogP contribution < -0.4 is 61.8 Å². The average molecular weight is 427 g/mol. The Balaban J connectivity index is 0.00000300. The van der Waals surface area contributed by atoms with E-state index in [9.17, 15) is 23.1 Å². The second kappa shape index (κ2) is 10.5. The molecule has 29 heavy (non-hydrogen) atoms. The predicted octanol–water partition coefficient (Wildman–Crippen LogP) is -0.393. The van der Waals surface area contributed by atoms with Crippen molar-refractivity contribution in [2.24, 2.45) is 0 Å². The number of halogens is 3. The molecule has 0 spiro atoms. The first-order valence-corrected chi connectivity index (χ1v) is 8.49. The predicted molar refractivity (Wildman–Crippen MR) is 94.1 cm³/mol. The Hall–Kier alpha value is -1.49. The Labute approximate surface area is 208 Å². The Bertz CT molecular complexity index is 956. The van der Waals surface area contributed by atoms with Gasteiger partial charge in [-0.25, -0.2) is 4.98 Å². The molecule has 9 heteroatoms. The van der Waals surface area contributed by atoms with Gasteiger partial charge in [-0.15, -0.1) is 0 Å². The Morgan fingerprint density at radius 3 is 2.45 bits per heavy atom. The van der Waals surface area contributed by atoms with Gasteiger partial charge in [-0.05, 0) is 22.8 Å². The third-order valence-electron chi connectivity index (χ3n) is 4.13. The van der Waals surface area contributed by atoms with Crippen LogP contribution in [0.2, 0.25) is 0 Å². The molecule has 5 nitrogen and oxygen atoms in total. The van der Waals surface area contributed by atoms with Crippen molar-refractivity contribution in [3.05, 3.63) is 89.0 Å². The van der Waals surface area contributed by atoms with Crippen molar-refractivity contribution in [2.75, 3.05) is 0 Å². The van der Waals surface area contributed by atoms with Gasteiger partial charge in [0.1, 0.15) is 0 Å². The molecule has 0 saturated heterocycles. The van der Waals surface area contributed by atoms with Crippen molar-refractivity contribution in [3.63, 3.8) is 0 Å². The molecule has 0 unspecified atom stereocenters. The van der Waals surface area contributed by atoms with E-state index in [2.05, 4.69) is 10.3 Å². The van der Waals surface area contributed by atoms with Gasteiger partial charge in [0.25, 0.3) is 0 Å². The maximum Gasteiger partial charge on any atom is 1.00 e. The molecule has 0 aliphatic carbocycles. The van der Waals surface area contributed by atoms with Crippen LogP contribution in [0.1, 0.15) is 32.7 Å². The summed E-state index contributed by atoms with van der Waals surface area (Å²) in [4.78, 5) is 15.0. The largest absolute Gasteiger partial charge is 1.00 e. The minimum Gasteiger partial charge on any atom is -0.545 e. The van der Waals surface area contributed by atoms with Crippen molar-refractivity contribution >= 4 is 5.97 Å². The first kappa shape index (κ1) is 23.8. The summed E-state index contributed by atoms with van der Waals surface area (Å²) in [5, 5.41) is 13.8. The number of nitrogens with one attached hydrogen (secondary N) is 1. The third-order valence-corrected chi connectivity index (χ3v) is 4.13. The summed E-state index contributed by atoms with van der Waals surface area (Å²) in [6, 6.07) is 11.6. The van der Waals surface area contributed by atoms with Crippen LogP contribution >= 0.6 is 0 Å². The van der Waals surface area contributed by atoms with Crippen molar-refractivity contribution in [3.8, 4) is 0 Å². The number of alkyl halides is 3. The Morgan fingerprint density at radius 2 is 1.79 bits per heavy atom. The van der Waals surface area contributed by atoms with Gasteiger partial charge in [-0.2, -0.15) is 13.2 Å². The molecule has 3 aromatic rings. The number of carbonyl (C=O) groups excluding carboxylic acids is 1. The fourth-order valence-electron chi connectivity index (χ4n) is 2.73. The molecule has 0 atom stereocenters. The number of hydrogen-bond donors (Lipinski definition) is 1. The van der Waals surface area contributed by atoms with E-state index in [1.165, 1.54) is 18.2 Å². The molecule has 0 aliphatic rings. The molecule has 146 valence electrons.